The van der Waals surface area contributed by atoms with Gasteiger partial charge in [-0.3, -0.25) is 0 Å². The Kier molecular flexibility index (Phi) is 10.5. The third-order valence-corrected chi connectivity index (χ3v) is 8.12. The summed E-state index contributed by atoms with van der Waals surface area (Å²) in [6.07, 6.45) is 6.06. The molecule has 0 saturated carbocycles. The van der Waals surface area contributed by atoms with Gasteiger partial charge >= 0.3 is 5.97 Å². The Labute approximate surface area is 259 Å². The molecule has 0 unspecified atom stereocenters. The molecule has 0 heterocycles. The van der Waals surface area contributed by atoms with Gasteiger partial charge in [-0.1, -0.05) is 95.3 Å². The number of esters is 1. The fourth-order valence-corrected chi connectivity index (χ4v) is 5.51. The quantitative estimate of drug-likeness (QED) is 0.121. The number of benzene rings is 4. The Morgan fingerprint density at radius 2 is 1.67 bits per heavy atom. The highest BCUT2D eigenvalue weighted by Crippen LogP contribution is 2.45. The van der Waals surface area contributed by atoms with E-state index in [-0.39, 0.29) is 16.5 Å². The molecule has 0 spiro atoms. The summed E-state index contributed by atoms with van der Waals surface area (Å²) < 4.78 is 12.0. The minimum absolute atomic E-state index is 0.183. The number of unbranched alkanes of at least 4 members (excludes halogenated alkanes) is 3. The number of nitrogens with zero attached hydrogens (tertiary/aromatic N) is 2. The molecule has 0 aliphatic carbocycles. The van der Waals surface area contributed by atoms with Crippen LogP contribution in [-0.4, -0.2) is 12.6 Å². The summed E-state index contributed by atoms with van der Waals surface area (Å²) in [5.41, 5.74) is 2.95. The van der Waals surface area contributed by atoms with Crippen molar-refractivity contribution >= 4 is 28.3 Å². The molecule has 0 bridgehead atoms. The number of carbonyl (C=O) groups excluding carboxylic acids is 1. The van der Waals surface area contributed by atoms with E-state index >= 15 is 0 Å². The number of nitriles is 2. The van der Waals surface area contributed by atoms with Crippen LogP contribution in [0.3, 0.4) is 0 Å². The van der Waals surface area contributed by atoms with Crippen LogP contribution in [-0.2, 0) is 10.2 Å². The predicted octanol–water partition coefficient (Wildman–Crippen LogP) is 10.5. The van der Waals surface area contributed by atoms with E-state index in [0.717, 1.165) is 49.5 Å². The molecule has 0 atom stereocenters. The average molecular weight is 593 g/mol. The van der Waals surface area contributed by atoms with E-state index in [2.05, 4.69) is 39.0 Å². The van der Waals surface area contributed by atoms with Gasteiger partial charge in [0.15, 0.2) is 0 Å². The molecule has 0 N–H and O–H groups in total. The molecule has 0 aliphatic heterocycles. The van der Waals surface area contributed by atoms with Crippen LogP contribution in [0, 0.1) is 22.7 Å². The van der Waals surface area contributed by atoms with Gasteiger partial charge in [0.05, 0.1) is 23.3 Å². The fourth-order valence-electron chi connectivity index (χ4n) is 5.28. The van der Waals surface area contributed by atoms with Crippen LogP contribution in [0.4, 0.5) is 0 Å². The molecule has 5 nitrogen and oxygen atoms in total. The lowest BCUT2D eigenvalue weighted by molar-refractivity contribution is 0.0499. The maximum atomic E-state index is 12.7. The summed E-state index contributed by atoms with van der Waals surface area (Å²) in [6.45, 7) is 9.02. The Morgan fingerprint density at radius 1 is 0.907 bits per heavy atom. The van der Waals surface area contributed by atoms with E-state index in [1.54, 1.807) is 36.4 Å². The zero-order chi connectivity index (χ0) is 31.0. The topological polar surface area (TPSA) is 83.1 Å². The number of hydrogen-bond acceptors (Lipinski definition) is 5. The fraction of sp³-hybridized carbons (Fsp3) is 0.324. The number of fused-ring (bicyclic) bond motifs is 1. The molecule has 6 heteroatoms. The average Bonchev–Trinajstić information content (AvgIpc) is 3.00. The summed E-state index contributed by atoms with van der Waals surface area (Å²) in [6, 6.07) is 24.6. The van der Waals surface area contributed by atoms with Gasteiger partial charge in [0.2, 0.25) is 0 Å². The molecule has 0 fully saturated rings. The van der Waals surface area contributed by atoms with Gasteiger partial charge in [-0.05, 0) is 65.6 Å². The number of rotatable bonds is 12. The molecule has 220 valence electrons. The van der Waals surface area contributed by atoms with E-state index in [0.29, 0.717) is 45.2 Å². The SMILES string of the molecule is CCCCCC(C)(C)c1cc(Oc2cccc(C(=O)OCCCC)c2)c2c(-c3ccccc3Cl)c(C#N)c(C#N)cc2c1. The van der Waals surface area contributed by atoms with Crippen molar-refractivity contribution in [3.63, 3.8) is 0 Å². The molecule has 0 aliphatic rings. The highest BCUT2D eigenvalue weighted by molar-refractivity contribution is 6.34. The van der Waals surface area contributed by atoms with Gasteiger partial charge in [-0.25, -0.2) is 4.79 Å². The van der Waals surface area contributed by atoms with Crippen LogP contribution in [0.15, 0.2) is 66.7 Å². The minimum Gasteiger partial charge on any atom is -0.462 e. The van der Waals surface area contributed by atoms with E-state index in [9.17, 15) is 15.3 Å². The number of carbonyl (C=O) groups is 1. The van der Waals surface area contributed by atoms with Crippen molar-refractivity contribution in [1.82, 2.24) is 0 Å². The van der Waals surface area contributed by atoms with Crippen molar-refractivity contribution in [2.24, 2.45) is 0 Å². The Balaban J connectivity index is 1.97. The molecule has 0 saturated heterocycles. The first-order valence-corrected chi connectivity index (χ1v) is 15.3. The van der Waals surface area contributed by atoms with E-state index in [1.165, 1.54) is 0 Å². The number of halogens is 1. The second-order valence-electron chi connectivity index (χ2n) is 11.4. The highest BCUT2D eigenvalue weighted by Gasteiger charge is 2.26. The van der Waals surface area contributed by atoms with E-state index in [4.69, 9.17) is 21.1 Å². The molecule has 4 rings (SSSR count). The van der Waals surface area contributed by atoms with Gasteiger partial charge < -0.3 is 9.47 Å². The second kappa shape index (κ2) is 14.2. The van der Waals surface area contributed by atoms with Crippen LogP contribution in [0.2, 0.25) is 5.02 Å². The number of ether oxygens (including phenoxy) is 2. The van der Waals surface area contributed by atoms with E-state index < -0.39 is 5.97 Å². The summed E-state index contributed by atoms with van der Waals surface area (Å²) in [4.78, 5) is 12.7. The first kappa shape index (κ1) is 31.6. The van der Waals surface area contributed by atoms with Gasteiger partial charge in [-0.2, -0.15) is 10.5 Å². The van der Waals surface area contributed by atoms with Crippen LogP contribution in [0.5, 0.6) is 11.5 Å². The van der Waals surface area contributed by atoms with Crippen molar-refractivity contribution in [3.05, 3.63) is 94.0 Å². The van der Waals surface area contributed by atoms with Crippen molar-refractivity contribution in [1.29, 1.82) is 10.5 Å². The smallest absolute Gasteiger partial charge is 0.338 e. The maximum Gasteiger partial charge on any atom is 0.338 e. The van der Waals surface area contributed by atoms with Crippen molar-refractivity contribution in [3.8, 4) is 34.8 Å². The maximum absolute atomic E-state index is 12.7. The summed E-state index contributed by atoms with van der Waals surface area (Å²) >= 11 is 6.69. The largest absolute Gasteiger partial charge is 0.462 e. The van der Waals surface area contributed by atoms with Gasteiger partial charge in [0, 0.05) is 21.5 Å². The van der Waals surface area contributed by atoms with Crippen molar-refractivity contribution < 1.29 is 14.3 Å². The Morgan fingerprint density at radius 3 is 2.37 bits per heavy atom. The van der Waals surface area contributed by atoms with Crippen molar-refractivity contribution in [2.75, 3.05) is 6.61 Å². The zero-order valence-corrected chi connectivity index (χ0v) is 26.1. The molecule has 4 aromatic rings. The summed E-state index contributed by atoms with van der Waals surface area (Å²) in [7, 11) is 0. The van der Waals surface area contributed by atoms with Gasteiger partial charge in [0.25, 0.3) is 0 Å². The predicted molar refractivity (Wildman–Crippen MR) is 173 cm³/mol. The summed E-state index contributed by atoms with van der Waals surface area (Å²) in [5, 5.41) is 22.3. The van der Waals surface area contributed by atoms with Gasteiger partial charge in [-0.15, -0.1) is 0 Å². The normalized spacial score (nSPS) is 11.1. The first-order chi connectivity index (χ1) is 20.7. The van der Waals surface area contributed by atoms with Crippen LogP contribution >= 0.6 is 11.6 Å². The third kappa shape index (κ3) is 7.19. The summed E-state index contributed by atoms with van der Waals surface area (Å²) in [5.74, 6) is 0.570. The first-order valence-electron chi connectivity index (χ1n) is 14.9. The van der Waals surface area contributed by atoms with Crippen LogP contribution in [0.25, 0.3) is 21.9 Å². The third-order valence-electron chi connectivity index (χ3n) is 7.79. The molecule has 0 aromatic heterocycles. The molecular formula is C37H37ClN2O3. The zero-order valence-electron chi connectivity index (χ0n) is 25.3. The van der Waals surface area contributed by atoms with Gasteiger partial charge in [0.1, 0.15) is 23.6 Å². The lowest BCUT2D eigenvalue weighted by Crippen LogP contribution is -2.17. The highest BCUT2D eigenvalue weighted by atomic mass is 35.5. The monoisotopic (exact) mass is 592 g/mol. The van der Waals surface area contributed by atoms with E-state index in [1.807, 2.05) is 31.2 Å². The molecule has 0 amide bonds. The number of hydrogen-bond donors (Lipinski definition) is 0. The molecular weight excluding hydrogens is 556 g/mol. The van der Waals surface area contributed by atoms with Crippen LogP contribution in [0.1, 0.15) is 93.3 Å². The standard InChI is InChI=1S/C37H37ClN2O3/c1-5-7-11-17-37(3,4)28-20-26-19-27(23-39)31(24-40)35(30-15-9-10-16-32(30)38)34(26)33(22-28)43-29-14-12-13-25(21-29)36(41)42-18-8-6-2/h9-10,12-16,19-22H,5-8,11,17-18H2,1-4H3. The molecule has 0 radical (unpaired) electrons. The van der Waals surface area contributed by atoms with Crippen molar-refractivity contribution in [2.45, 2.75) is 71.6 Å². The molecule has 4 aromatic carbocycles. The van der Waals surface area contributed by atoms with Crippen LogP contribution < -0.4 is 4.74 Å². The molecule has 43 heavy (non-hydrogen) atoms. The Bertz CT molecular complexity index is 1710. The Hall–Kier alpha value is -4.32. The lowest BCUT2D eigenvalue weighted by atomic mass is 9.78. The minimum atomic E-state index is -0.406. The second-order valence-corrected chi connectivity index (χ2v) is 11.8. The lowest BCUT2D eigenvalue weighted by Gasteiger charge is -2.27.